The van der Waals surface area contributed by atoms with Gasteiger partial charge in [0, 0.05) is 29.0 Å². The molecule has 0 amide bonds. The summed E-state index contributed by atoms with van der Waals surface area (Å²) in [6.07, 6.45) is 6.16. The fourth-order valence-corrected chi connectivity index (χ4v) is 3.52. The van der Waals surface area contributed by atoms with Gasteiger partial charge in [0.25, 0.3) is 0 Å². The first-order chi connectivity index (χ1) is 9.74. The molecule has 1 aliphatic carbocycles. The molecule has 2 aromatic rings. The van der Waals surface area contributed by atoms with E-state index in [4.69, 9.17) is 0 Å². The molecule has 3 heteroatoms. The monoisotopic (exact) mass is 330 g/mol. The van der Waals surface area contributed by atoms with Crippen molar-refractivity contribution in [2.45, 2.75) is 37.8 Å². The average molecular weight is 331 g/mol. The van der Waals surface area contributed by atoms with Crippen molar-refractivity contribution in [1.29, 1.82) is 0 Å². The number of rotatable bonds is 4. The molecule has 2 nitrogen and oxygen atoms in total. The van der Waals surface area contributed by atoms with E-state index < -0.39 is 0 Å². The second-order valence-electron chi connectivity index (χ2n) is 5.56. The Morgan fingerprint density at radius 2 is 1.85 bits per heavy atom. The van der Waals surface area contributed by atoms with E-state index in [9.17, 15) is 0 Å². The molecule has 1 N–H and O–H groups in total. The lowest BCUT2D eigenvalue weighted by Gasteiger charge is -2.38. The summed E-state index contributed by atoms with van der Waals surface area (Å²) in [5.74, 6) is 0.688. The lowest BCUT2D eigenvalue weighted by atomic mass is 9.75. The first-order valence-electron chi connectivity index (χ1n) is 7.14. The van der Waals surface area contributed by atoms with Gasteiger partial charge in [0.05, 0.1) is 0 Å². The van der Waals surface area contributed by atoms with Gasteiger partial charge in [-0.1, -0.05) is 34.1 Å². The van der Waals surface area contributed by atoms with Gasteiger partial charge in [-0.25, -0.2) is 0 Å². The molecule has 1 aromatic carbocycles. The lowest BCUT2D eigenvalue weighted by molar-refractivity contribution is 0.270. The Labute approximate surface area is 128 Å². The highest BCUT2D eigenvalue weighted by Crippen LogP contribution is 2.40. The molecule has 1 aliphatic rings. The van der Waals surface area contributed by atoms with Crippen LogP contribution in [0.4, 0.5) is 0 Å². The maximum Gasteiger partial charge on any atom is 0.0295 e. The minimum Gasteiger partial charge on any atom is -0.307 e. The Kier molecular flexibility index (Phi) is 4.18. The summed E-state index contributed by atoms with van der Waals surface area (Å²) in [5, 5.41) is 3.71. The zero-order chi connectivity index (χ0) is 13.9. The van der Waals surface area contributed by atoms with Gasteiger partial charge in [0.2, 0.25) is 0 Å². The molecule has 0 saturated heterocycles. The van der Waals surface area contributed by atoms with E-state index in [1.807, 2.05) is 12.4 Å². The van der Waals surface area contributed by atoms with Crippen molar-refractivity contribution >= 4 is 15.9 Å². The van der Waals surface area contributed by atoms with E-state index in [1.54, 1.807) is 0 Å². The predicted octanol–water partition coefficient (Wildman–Crippen LogP) is 4.44. The minimum absolute atomic E-state index is 0.392. The van der Waals surface area contributed by atoms with Gasteiger partial charge >= 0.3 is 0 Å². The summed E-state index contributed by atoms with van der Waals surface area (Å²) >= 11 is 3.65. The zero-order valence-electron chi connectivity index (χ0n) is 11.6. The average Bonchev–Trinajstić information content (AvgIpc) is 2.44. The number of aromatic nitrogens is 1. The molecule has 0 spiro atoms. The number of nitrogens with zero attached hydrogens (tertiary/aromatic N) is 1. The number of halogens is 1. The normalized spacial score (nSPS) is 23.1. The maximum atomic E-state index is 4.07. The van der Waals surface area contributed by atoms with Gasteiger partial charge in [-0.15, -0.1) is 0 Å². The highest BCUT2D eigenvalue weighted by Gasteiger charge is 2.31. The Balaban J connectivity index is 1.55. The van der Waals surface area contributed by atoms with Crippen LogP contribution in [0, 0.1) is 0 Å². The van der Waals surface area contributed by atoms with Gasteiger partial charge in [-0.2, -0.15) is 0 Å². The van der Waals surface area contributed by atoms with Gasteiger partial charge < -0.3 is 5.32 Å². The van der Waals surface area contributed by atoms with E-state index in [2.05, 4.69) is 69.6 Å². The highest BCUT2D eigenvalue weighted by molar-refractivity contribution is 9.10. The van der Waals surface area contributed by atoms with Crippen molar-refractivity contribution in [3.63, 3.8) is 0 Å². The number of benzene rings is 1. The SMILES string of the molecule is C[C@@H](NC1CC(c2ccccc2Br)C1)c1ccncc1. The topological polar surface area (TPSA) is 24.9 Å². The van der Waals surface area contributed by atoms with Crippen LogP contribution < -0.4 is 5.32 Å². The number of nitrogens with one attached hydrogen (secondary N) is 1. The lowest BCUT2D eigenvalue weighted by Crippen LogP contribution is -2.41. The first kappa shape index (κ1) is 13.8. The predicted molar refractivity (Wildman–Crippen MR) is 85.7 cm³/mol. The van der Waals surface area contributed by atoms with Crippen molar-refractivity contribution in [2.24, 2.45) is 0 Å². The summed E-state index contributed by atoms with van der Waals surface area (Å²) in [7, 11) is 0. The highest BCUT2D eigenvalue weighted by atomic mass is 79.9. The van der Waals surface area contributed by atoms with Crippen LogP contribution >= 0.6 is 15.9 Å². The van der Waals surface area contributed by atoms with Crippen molar-refractivity contribution in [1.82, 2.24) is 10.3 Å². The van der Waals surface area contributed by atoms with Crippen LogP contribution in [0.5, 0.6) is 0 Å². The molecule has 1 atom stereocenters. The maximum absolute atomic E-state index is 4.07. The van der Waals surface area contributed by atoms with E-state index in [0.29, 0.717) is 18.0 Å². The Hall–Kier alpha value is -1.19. The van der Waals surface area contributed by atoms with E-state index in [0.717, 1.165) is 0 Å². The largest absolute Gasteiger partial charge is 0.307 e. The van der Waals surface area contributed by atoms with Crippen LogP contribution in [-0.4, -0.2) is 11.0 Å². The molecule has 3 rings (SSSR count). The molecular weight excluding hydrogens is 312 g/mol. The third-order valence-corrected chi connectivity index (χ3v) is 4.90. The van der Waals surface area contributed by atoms with E-state index >= 15 is 0 Å². The smallest absolute Gasteiger partial charge is 0.0295 e. The van der Waals surface area contributed by atoms with Crippen LogP contribution in [0.3, 0.4) is 0 Å². The van der Waals surface area contributed by atoms with Crippen molar-refractivity contribution < 1.29 is 0 Å². The zero-order valence-corrected chi connectivity index (χ0v) is 13.2. The minimum atomic E-state index is 0.392. The Morgan fingerprint density at radius 3 is 2.55 bits per heavy atom. The Bertz CT molecular complexity index is 564. The second kappa shape index (κ2) is 6.06. The molecular formula is C17H19BrN2. The first-order valence-corrected chi connectivity index (χ1v) is 7.93. The van der Waals surface area contributed by atoms with Crippen LogP contribution in [0.15, 0.2) is 53.3 Å². The van der Waals surface area contributed by atoms with Crippen molar-refractivity contribution in [3.8, 4) is 0 Å². The number of hydrogen-bond donors (Lipinski definition) is 1. The molecule has 1 aromatic heterocycles. The Morgan fingerprint density at radius 1 is 1.15 bits per heavy atom. The van der Waals surface area contributed by atoms with E-state index in [-0.39, 0.29) is 0 Å². The summed E-state index contributed by atoms with van der Waals surface area (Å²) in [5.41, 5.74) is 2.76. The molecule has 0 aliphatic heterocycles. The van der Waals surface area contributed by atoms with Crippen LogP contribution in [0.25, 0.3) is 0 Å². The summed E-state index contributed by atoms with van der Waals surface area (Å²) in [6, 6.07) is 13.8. The standard InChI is InChI=1S/C17H19BrN2/c1-12(13-6-8-19-9-7-13)20-15-10-14(11-15)16-4-2-3-5-17(16)18/h2-9,12,14-15,20H,10-11H2,1H3/t12-,14?,15?/m1/s1. The second-order valence-corrected chi connectivity index (χ2v) is 6.41. The number of hydrogen-bond acceptors (Lipinski definition) is 2. The fraction of sp³-hybridized carbons (Fsp3) is 0.353. The number of pyridine rings is 1. The third-order valence-electron chi connectivity index (χ3n) is 4.17. The molecule has 1 heterocycles. The molecule has 0 bridgehead atoms. The molecule has 104 valence electrons. The van der Waals surface area contributed by atoms with Gasteiger partial charge in [-0.3, -0.25) is 4.98 Å². The molecule has 0 radical (unpaired) electrons. The van der Waals surface area contributed by atoms with Crippen molar-refractivity contribution in [3.05, 3.63) is 64.4 Å². The molecule has 20 heavy (non-hydrogen) atoms. The van der Waals surface area contributed by atoms with Crippen molar-refractivity contribution in [2.75, 3.05) is 0 Å². The summed E-state index contributed by atoms with van der Waals surface area (Å²) in [4.78, 5) is 4.07. The quantitative estimate of drug-likeness (QED) is 0.896. The van der Waals surface area contributed by atoms with Gasteiger partial charge in [0.1, 0.15) is 0 Å². The summed E-state index contributed by atoms with van der Waals surface area (Å²) < 4.78 is 1.24. The summed E-state index contributed by atoms with van der Waals surface area (Å²) in [6.45, 7) is 2.22. The molecule has 1 saturated carbocycles. The van der Waals surface area contributed by atoms with E-state index in [1.165, 1.54) is 28.4 Å². The fourth-order valence-electron chi connectivity index (χ4n) is 2.92. The van der Waals surface area contributed by atoms with Gasteiger partial charge in [-0.05, 0) is 55.0 Å². The molecule has 1 fully saturated rings. The van der Waals surface area contributed by atoms with Gasteiger partial charge in [0.15, 0.2) is 0 Å². The van der Waals surface area contributed by atoms with Crippen LogP contribution in [-0.2, 0) is 0 Å². The van der Waals surface area contributed by atoms with Crippen LogP contribution in [0.2, 0.25) is 0 Å². The third kappa shape index (κ3) is 2.94. The molecule has 0 unspecified atom stereocenters. The van der Waals surface area contributed by atoms with Crippen LogP contribution in [0.1, 0.15) is 42.9 Å².